The van der Waals surface area contributed by atoms with E-state index in [4.69, 9.17) is 0 Å². The molecule has 1 N–H and O–H groups in total. The summed E-state index contributed by atoms with van der Waals surface area (Å²) in [7, 11) is 1.63. The van der Waals surface area contributed by atoms with Gasteiger partial charge in [0.2, 0.25) is 5.91 Å². The van der Waals surface area contributed by atoms with Crippen molar-refractivity contribution in [2.24, 2.45) is 0 Å². The highest BCUT2D eigenvalue weighted by Crippen LogP contribution is 2.12. The molecule has 0 saturated heterocycles. The van der Waals surface area contributed by atoms with Crippen LogP contribution in [-0.4, -0.2) is 40.1 Å². The molecule has 1 heterocycles. The van der Waals surface area contributed by atoms with E-state index in [1.165, 1.54) is 4.90 Å². The molecule has 1 aromatic heterocycles. The number of nitrogens with zero attached hydrogens (tertiary/aromatic N) is 3. The van der Waals surface area contributed by atoms with Gasteiger partial charge in [0, 0.05) is 24.0 Å². The summed E-state index contributed by atoms with van der Waals surface area (Å²) in [6, 6.07) is 17.0. The van der Waals surface area contributed by atoms with Gasteiger partial charge in [0.15, 0.2) is 0 Å². The summed E-state index contributed by atoms with van der Waals surface area (Å²) in [6.07, 6.45) is 0. The van der Waals surface area contributed by atoms with Crippen LogP contribution in [0.15, 0.2) is 54.6 Å². The number of anilines is 1. The average Bonchev–Trinajstić information content (AvgIpc) is 3.00. The Hall–Kier alpha value is -3.41. The number of hydrogen-bond donors (Lipinski definition) is 1. The minimum absolute atomic E-state index is 0.0137. The van der Waals surface area contributed by atoms with Crippen LogP contribution in [0, 0.1) is 20.8 Å². The van der Waals surface area contributed by atoms with Crippen LogP contribution in [0.2, 0.25) is 0 Å². The first-order chi connectivity index (χ1) is 13.8. The van der Waals surface area contributed by atoms with Gasteiger partial charge in [-0.2, -0.15) is 5.10 Å². The van der Waals surface area contributed by atoms with Crippen molar-refractivity contribution in [2.75, 3.05) is 18.9 Å². The maximum atomic E-state index is 12.6. The number of hydrogen-bond acceptors (Lipinski definition) is 3. The molecule has 29 heavy (non-hydrogen) atoms. The van der Waals surface area contributed by atoms with E-state index in [0.717, 1.165) is 28.2 Å². The van der Waals surface area contributed by atoms with Gasteiger partial charge in [-0.1, -0.05) is 29.8 Å². The zero-order valence-corrected chi connectivity index (χ0v) is 17.3. The molecule has 0 aliphatic rings. The molecule has 3 aromatic rings. The van der Waals surface area contributed by atoms with Gasteiger partial charge in [-0.3, -0.25) is 14.3 Å². The van der Waals surface area contributed by atoms with Crippen LogP contribution in [0.4, 0.5) is 5.69 Å². The Labute approximate surface area is 171 Å². The molecule has 0 spiro atoms. The second-order valence-electron chi connectivity index (χ2n) is 7.36. The van der Waals surface area contributed by atoms with Crippen LogP contribution >= 0.6 is 0 Å². The largest absolute Gasteiger partial charge is 0.332 e. The average molecular weight is 390 g/mol. The maximum Gasteiger partial charge on any atom is 0.254 e. The van der Waals surface area contributed by atoms with Gasteiger partial charge >= 0.3 is 0 Å². The van der Waals surface area contributed by atoms with Gasteiger partial charge in [0.25, 0.3) is 5.91 Å². The molecule has 0 unspecified atom stereocenters. The third-order valence-corrected chi connectivity index (χ3v) is 4.70. The summed E-state index contributed by atoms with van der Waals surface area (Å²) in [6.45, 7) is 6.62. The highest BCUT2D eigenvalue weighted by atomic mass is 16.2. The van der Waals surface area contributed by atoms with Crippen LogP contribution in [0.25, 0.3) is 0 Å². The van der Waals surface area contributed by atoms with E-state index >= 15 is 0 Å². The van der Waals surface area contributed by atoms with E-state index < -0.39 is 0 Å². The number of aromatic nitrogens is 2. The van der Waals surface area contributed by atoms with Crippen molar-refractivity contribution in [1.82, 2.24) is 14.7 Å². The molecule has 0 saturated carbocycles. The monoisotopic (exact) mass is 390 g/mol. The van der Waals surface area contributed by atoms with Gasteiger partial charge < -0.3 is 10.2 Å². The van der Waals surface area contributed by atoms with Crippen LogP contribution < -0.4 is 5.32 Å². The third-order valence-electron chi connectivity index (χ3n) is 4.70. The van der Waals surface area contributed by atoms with E-state index in [-0.39, 0.29) is 18.4 Å². The zero-order chi connectivity index (χ0) is 21.0. The normalized spacial score (nSPS) is 10.6. The zero-order valence-electron chi connectivity index (χ0n) is 17.3. The Morgan fingerprint density at radius 1 is 1.00 bits per heavy atom. The molecule has 0 aliphatic heterocycles. The predicted octanol–water partition coefficient (Wildman–Crippen LogP) is 3.57. The first-order valence-electron chi connectivity index (χ1n) is 9.54. The number of rotatable bonds is 6. The highest BCUT2D eigenvalue weighted by molar-refractivity contribution is 5.99. The molecule has 0 atom stereocenters. The number of likely N-dealkylation sites (N-methyl/N-ethyl adjacent to an activating group) is 1. The van der Waals surface area contributed by atoms with Crippen molar-refractivity contribution in [3.63, 3.8) is 0 Å². The Kier molecular flexibility index (Phi) is 6.12. The van der Waals surface area contributed by atoms with Crippen LogP contribution in [0.1, 0.15) is 32.9 Å². The van der Waals surface area contributed by atoms with Crippen molar-refractivity contribution >= 4 is 17.5 Å². The third kappa shape index (κ3) is 5.31. The van der Waals surface area contributed by atoms with Crippen molar-refractivity contribution in [3.05, 3.63) is 82.7 Å². The van der Waals surface area contributed by atoms with Gasteiger partial charge in [0.05, 0.1) is 18.8 Å². The minimum Gasteiger partial charge on any atom is -0.332 e. The summed E-state index contributed by atoms with van der Waals surface area (Å²) in [5.41, 5.74) is 5.54. The number of benzene rings is 2. The number of amides is 2. The number of carbonyl (C=O) groups is 2. The fourth-order valence-electron chi connectivity index (χ4n) is 3.11. The smallest absolute Gasteiger partial charge is 0.254 e. The molecule has 150 valence electrons. The van der Waals surface area contributed by atoms with Gasteiger partial charge in [-0.25, -0.2) is 0 Å². The second-order valence-corrected chi connectivity index (χ2v) is 7.36. The summed E-state index contributed by atoms with van der Waals surface area (Å²) in [5.74, 6) is -0.424. The molecule has 2 amide bonds. The topological polar surface area (TPSA) is 67.2 Å². The predicted molar refractivity (Wildman–Crippen MR) is 114 cm³/mol. The molecular formula is C23H26N4O2. The lowest BCUT2D eigenvalue weighted by atomic mass is 10.1. The lowest BCUT2D eigenvalue weighted by Gasteiger charge is -2.17. The van der Waals surface area contributed by atoms with Crippen molar-refractivity contribution in [1.29, 1.82) is 0 Å². The lowest BCUT2D eigenvalue weighted by Crippen LogP contribution is -2.34. The van der Waals surface area contributed by atoms with E-state index in [1.54, 1.807) is 19.2 Å². The molecule has 6 heteroatoms. The van der Waals surface area contributed by atoms with Gasteiger partial charge in [-0.05, 0) is 56.7 Å². The summed E-state index contributed by atoms with van der Waals surface area (Å²) < 4.78 is 1.94. The van der Waals surface area contributed by atoms with Crippen molar-refractivity contribution < 1.29 is 9.59 Å². The van der Waals surface area contributed by atoms with E-state index in [0.29, 0.717) is 12.1 Å². The number of nitrogens with one attached hydrogen (secondary N) is 1. The Bertz CT molecular complexity index is 1000. The number of carbonyl (C=O) groups excluding carboxylic acids is 2. The molecule has 0 fully saturated rings. The highest BCUT2D eigenvalue weighted by Gasteiger charge is 2.15. The molecule has 6 nitrogen and oxygen atoms in total. The van der Waals surface area contributed by atoms with Gasteiger partial charge in [0.1, 0.15) is 0 Å². The molecule has 0 bridgehead atoms. The Morgan fingerprint density at radius 2 is 1.66 bits per heavy atom. The van der Waals surface area contributed by atoms with Crippen molar-refractivity contribution in [3.8, 4) is 0 Å². The first-order valence-corrected chi connectivity index (χ1v) is 9.54. The molecule has 0 aliphatic carbocycles. The second kappa shape index (κ2) is 8.73. The van der Waals surface area contributed by atoms with Gasteiger partial charge in [-0.15, -0.1) is 0 Å². The summed E-state index contributed by atoms with van der Waals surface area (Å²) in [5, 5.41) is 7.27. The summed E-state index contributed by atoms with van der Waals surface area (Å²) >= 11 is 0. The first kappa shape index (κ1) is 20.3. The SMILES string of the molecule is Cc1ccc(NC(=O)CN(C)C(=O)c2ccc(Cn3nc(C)cc3C)cc2)cc1. The maximum absolute atomic E-state index is 12.6. The fourth-order valence-corrected chi connectivity index (χ4v) is 3.11. The van der Waals surface area contributed by atoms with Crippen LogP contribution in [0.3, 0.4) is 0 Å². The summed E-state index contributed by atoms with van der Waals surface area (Å²) in [4.78, 5) is 26.3. The van der Waals surface area contributed by atoms with Crippen LogP contribution in [0.5, 0.6) is 0 Å². The quantitative estimate of drug-likeness (QED) is 0.700. The van der Waals surface area contributed by atoms with E-state index in [1.807, 2.05) is 67.9 Å². The molecule has 2 aromatic carbocycles. The van der Waals surface area contributed by atoms with E-state index in [9.17, 15) is 9.59 Å². The molecular weight excluding hydrogens is 364 g/mol. The van der Waals surface area contributed by atoms with Crippen molar-refractivity contribution in [2.45, 2.75) is 27.3 Å². The molecule has 3 rings (SSSR count). The lowest BCUT2D eigenvalue weighted by molar-refractivity contribution is -0.116. The Balaban J connectivity index is 1.58. The standard InChI is InChI=1S/C23H26N4O2/c1-16-5-11-21(12-6-16)24-22(28)15-26(4)23(29)20-9-7-19(8-10-20)14-27-18(3)13-17(2)25-27/h5-13H,14-15H2,1-4H3,(H,24,28). The Morgan fingerprint density at radius 3 is 2.24 bits per heavy atom. The van der Waals surface area contributed by atoms with E-state index in [2.05, 4.69) is 10.4 Å². The number of aryl methyl sites for hydroxylation is 3. The fraction of sp³-hybridized carbons (Fsp3) is 0.261. The molecule has 0 radical (unpaired) electrons. The van der Waals surface area contributed by atoms with Crippen LogP contribution in [-0.2, 0) is 11.3 Å². The minimum atomic E-state index is -0.231.